The largest absolute Gasteiger partial charge is 0.441 e. The van der Waals surface area contributed by atoms with Crippen LogP contribution >= 0.6 is 11.6 Å². The first-order valence-corrected chi connectivity index (χ1v) is 7.05. The fraction of sp³-hybridized carbons (Fsp3) is 0.188. The van der Waals surface area contributed by atoms with E-state index in [1.165, 1.54) is 11.3 Å². The van der Waals surface area contributed by atoms with Gasteiger partial charge in [0.05, 0.1) is 0 Å². The van der Waals surface area contributed by atoms with E-state index >= 15 is 0 Å². The van der Waals surface area contributed by atoms with Gasteiger partial charge in [-0.2, -0.15) is 0 Å². The lowest BCUT2D eigenvalue weighted by molar-refractivity contribution is 0.507. The van der Waals surface area contributed by atoms with E-state index in [9.17, 15) is 0 Å². The third-order valence-electron chi connectivity index (χ3n) is 3.76. The summed E-state index contributed by atoms with van der Waals surface area (Å²) in [6.45, 7) is 0.929. The normalized spacial score (nSPS) is 17.1. The van der Waals surface area contributed by atoms with Gasteiger partial charge in [-0.05, 0) is 23.8 Å². The van der Waals surface area contributed by atoms with E-state index in [1.54, 1.807) is 0 Å². The summed E-state index contributed by atoms with van der Waals surface area (Å²) in [6, 6.07) is 13.9. The van der Waals surface area contributed by atoms with Crippen LogP contribution in [0.15, 0.2) is 46.9 Å². The van der Waals surface area contributed by atoms with Crippen molar-refractivity contribution in [1.82, 2.24) is 4.98 Å². The molecule has 4 rings (SSSR count). The SMILES string of the molecule is Clc1ccc2nc(CC3CNc4ccccc43)oc2c1. The Morgan fingerprint density at radius 2 is 2.15 bits per heavy atom. The van der Waals surface area contributed by atoms with Gasteiger partial charge in [-0.15, -0.1) is 0 Å². The van der Waals surface area contributed by atoms with Crippen molar-refractivity contribution in [3.63, 3.8) is 0 Å². The van der Waals surface area contributed by atoms with Crippen LogP contribution in [-0.2, 0) is 6.42 Å². The maximum Gasteiger partial charge on any atom is 0.196 e. The topological polar surface area (TPSA) is 38.1 Å². The summed E-state index contributed by atoms with van der Waals surface area (Å²) in [5, 5.41) is 4.10. The quantitative estimate of drug-likeness (QED) is 0.765. The van der Waals surface area contributed by atoms with Gasteiger partial charge in [0.25, 0.3) is 0 Å². The van der Waals surface area contributed by atoms with E-state index in [0.717, 1.165) is 30.0 Å². The molecule has 1 atom stereocenters. The van der Waals surface area contributed by atoms with Crippen LogP contribution in [0.4, 0.5) is 5.69 Å². The number of para-hydroxylation sites is 1. The zero-order valence-electron chi connectivity index (χ0n) is 10.8. The summed E-state index contributed by atoms with van der Waals surface area (Å²) in [4.78, 5) is 4.54. The molecule has 1 aromatic heterocycles. The number of anilines is 1. The second-order valence-corrected chi connectivity index (χ2v) is 5.53. The zero-order chi connectivity index (χ0) is 13.5. The van der Waals surface area contributed by atoms with Gasteiger partial charge < -0.3 is 9.73 Å². The highest BCUT2D eigenvalue weighted by Crippen LogP contribution is 2.33. The van der Waals surface area contributed by atoms with Gasteiger partial charge in [0.15, 0.2) is 11.5 Å². The Kier molecular flexibility index (Phi) is 2.67. The van der Waals surface area contributed by atoms with Gasteiger partial charge >= 0.3 is 0 Å². The molecule has 0 saturated heterocycles. The zero-order valence-corrected chi connectivity index (χ0v) is 11.5. The number of benzene rings is 2. The van der Waals surface area contributed by atoms with Gasteiger partial charge in [-0.25, -0.2) is 4.98 Å². The third-order valence-corrected chi connectivity index (χ3v) is 3.99. The van der Waals surface area contributed by atoms with Crippen molar-refractivity contribution < 1.29 is 4.42 Å². The molecule has 0 saturated carbocycles. The molecule has 1 N–H and O–H groups in total. The fourth-order valence-electron chi connectivity index (χ4n) is 2.78. The van der Waals surface area contributed by atoms with Crippen LogP contribution in [0, 0.1) is 0 Å². The Bertz CT molecular complexity index is 781. The molecule has 0 amide bonds. The molecule has 0 fully saturated rings. The number of hydrogen-bond donors (Lipinski definition) is 1. The minimum Gasteiger partial charge on any atom is -0.441 e. The van der Waals surface area contributed by atoms with Crippen molar-refractivity contribution >= 4 is 28.4 Å². The predicted molar refractivity (Wildman–Crippen MR) is 80.4 cm³/mol. The minimum absolute atomic E-state index is 0.412. The second kappa shape index (κ2) is 4.53. The lowest BCUT2D eigenvalue weighted by atomic mass is 9.98. The van der Waals surface area contributed by atoms with Crippen LogP contribution in [0.3, 0.4) is 0 Å². The maximum atomic E-state index is 5.97. The summed E-state index contributed by atoms with van der Waals surface area (Å²) >= 11 is 5.97. The molecule has 2 heterocycles. The molecule has 100 valence electrons. The van der Waals surface area contributed by atoms with E-state index in [2.05, 4.69) is 34.6 Å². The number of rotatable bonds is 2. The highest BCUT2D eigenvalue weighted by atomic mass is 35.5. The number of nitrogens with zero attached hydrogens (tertiary/aromatic N) is 1. The van der Waals surface area contributed by atoms with Crippen molar-refractivity contribution in [3.05, 3.63) is 58.9 Å². The highest BCUT2D eigenvalue weighted by Gasteiger charge is 2.23. The molecule has 1 unspecified atom stereocenters. The fourth-order valence-corrected chi connectivity index (χ4v) is 2.95. The van der Waals surface area contributed by atoms with E-state index in [-0.39, 0.29) is 0 Å². The highest BCUT2D eigenvalue weighted by molar-refractivity contribution is 6.31. The van der Waals surface area contributed by atoms with E-state index in [0.29, 0.717) is 10.9 Å². The molecule has 0 spiro atoms. The molecule has 3 aromatic rings. The van der Waals surface area contributed by atoms with Gasteiger partial charge in [-0.1, -0.05) is 29.8 Å². The summed E-state index contributed by atoms with van der Waals surface area (Å²) in [7, 11) is 0. The first-order valence-electron chi connectivity index (χ1n) is 6.67. The van der Waals surface area contributed by atoms with Crippen LogP contribution < -0.4 is 5.32 Å². The first kappa shape index (κ1) is 11.8. The maximum absolute atomic E-state index is 5.97. The molecule has 2 aromatic carbocycles. The average molecular weight is 285 g/mol. The van der Waals surface area contributed by atoms with Crippen molar-refractivity contribution in [1.29, 1.82) is 0 Å². The standard InChI is InChI=1S/C16H13ClN2O/c17-11-5-6-14-15(8-11)20-16(19-14)7-10-9-18-13-4-2-1-3-12(10)13/h1-6,8,10,18H,7,9H2. The lowest BCUT2D eigenvalue weighted by Crippen LogP contribution is -2.05. The Hall–Kier alpha value is -2.00. The summed E-state index contributed by atoms with van der Waals surface area (Å²) in [5.74, 6) is 1.18. The van der Waals surface area contributed by atoms with Gasteiger partial charge in [0.2, 0.25) is 0 Å². The minimum atomic E-state index is 0.412. The van der Waals surface area contributed by atoms with Crippen LogP contribution in [0.2, 0.25) is 5.02 Å². The molecule has 4 heteroatoms. The number of fused-ring (bicyclic) bond motifs is 2. The van der Waals surface area contributed by atoms with Crippen molar-refractivity contribution in [2.24, 2.45) is 0 Å². The van der Waals surface area contributed by atoms with Gasteiger partial charge in [0, 0.05) is 35.7 Å². The number of hydrogen-bond acceptors (Lipinski definition) is 3. The molecule has 1 aliphatic rings. The molecule has 0 radical (unpaired) electrons. The Morgan fingerprint density at radius 1 is 1.25 bits per heavy atom. The molecule has 0 aliphatic carbocycles. The Labute approximate surface area is 121 Å². The number of nitrogens with one attached hydrogen (secondary N) is 1. The van der Waals surface area contributed by atoms with Crippen molar-refractivity contribution in [2.45, 2.75) is 12.3 Å². The van der Waals surface area contributed by atoms with Crippen LogP contribution in [0.5, 0.6) is 0 Å². The van der Waals surface area contributed by atoms with Crippen LogP contribution in [-0.4, -0.2) is 11.5 Å². The molecule has 20 heavy (non-hydrogen) atoms. The van der Waals surface area contributed by atoms with E-state index < -0.39 is 0 Å². The van der Waals surface area contributed by atoms with Crippen molar-refractivity contribution in [2.75, 3.05) is 11.9 Å². The van der Waals surface area contributed by atoms with Gasteiger partial charge in [-0.3, -0.25) is 0 Å². The smallest absolute Gasteiger partial charge is 0.196 e. The molecule has 3 nitrogen and oxygen atoms in total. The predicted octanol–water partition coefficient (Wildman–Crippen LogP) is 4.23. The summed E-state index contributed by atoms with van der Waals surface area (Å²) < 4.78 is 5.80. The van der Waals surface area contributed by atoms with Gasteiger partial charge in [0.1, 0.15) is 5.52 Å². The van der Waals surface area contributed by atoms with Crippen LogP contribution in [0.1, 0.15) is 17.4 Å². The summed E-state index contributed by atoms with van der Waals surface area (Å²) in [6.07, 6.45) is 0.802. The molecule has 0 bridgehead atoms. The lowest BCUT2D eigenvalue weighted by Gasteiger charge is -2.06. The number of aromatic nitrogens is 1. The second-order valence-electron chi connectivity index (χ2n) is 5.09. The summed E-state index contributed by atoms with van der Waals surface area (Å²) in [5.41, 5.74) is 4.18. The number of halogens is 1. The Morgan fingerprint density at radius 3 is 3.10 bits per heavy atom. The third kappa shape index (κ3) is 1.95. The number of oxazole rings is 1. The molecular formula is C16H13ClN2O. The van der Waals surface area contributed by atoms with E-state index in [4.69, 9.17) is 16.0 Å². The van der Waals surface area contributed by atoms with E-state index in [1.807, 2.05) is 18.2 Å². The average Bonchev–Trinajstić information content (AvgIpc) is 3.03. The Balaban J connectivity index is 1.65. The monoisotopic (exact) mass is 284 g/mol. The van der Waals surface area contributed by atoms with Crippen molar-refractivity contribution in [3.8, 4) is 0 Å². The van der Waals surface area contributed by atoms with Crippen LogP contribution in [0.25, 0.3) is 11.1 Å². The first-order chi connectivity index (χ1) is 9.79. The molecule has 1 aliphatic heterocycles. The molecular weight excluding hydrogens is 272 g/mol.